The third-order valence-electron chi connectivity index (χ3n) is 5.30. The lowest BCUT2D eigenvalue weighted by molar-refractivity contribution is -0.139. The summed E-state index contributed by atoms with van der Waals surface area (Å²) in [6, 6.07) is 6.62. The summed E-state index contributed by atoms with van der Waals surface area (Å²) in [6.45, 7) is 6.18. The number of benzene rings is 2. The molecule has 2 aromatic carbocycles. The summed E-state index contributed by atoms with van der Waals surface area (Å²) in [5.41, 5.74) is 2.94. The van der Waals surface area contributed by atoms with Crippen molar-refractivity contribution in [3.05, 3.63) is 41.5 Å². The number of nitrogens with zero attached hydrogens (tertiary/aromatic N) is 1. The number of phenols is 1. The van der Waals surface area contributed by atoms with Gasteiger partial charge in [-0.15, -0.1) is 0 Å². The Morgan fingerprint density at radius 1 is 1.03 bits per heavy atom. The molecular formula is C20H22F5N3O. The van der Waals surface area contributed by atoms with Gasteiger partial charge in [-0.2, -0.15) is 13.2 Å². The van der Waals surface area contributed by atoms with Gasteiger partial charge in [0.25, 0.3) is 0 Å². The first-order valence-corrected chi connectivity index (χ1v) is 9.09. The van der Waals surface area contributed by atoms with E-state index in [0.717, 1.165) is 31.6 Å². The van der Waals surface area contributed by atoms with Crippen LogP contribution in [-0.2, 0) is 6.18 Å². The van der Waals surface area contributed by atoms with E-state index in [1.54, 1.807) is 24.3 Å². The van der Waals surface area contributed by atoms with Gasteiger partial charge in [0.1, 0.15) is 11.3 Å². The lowest BCUT2D eigenvalue weighted by Gasteiger charge is -2.38. The number of nitrogen functional groups attached to an aromatic ring is 1. The number of rotatable bonds is 3. The average Bonchev–Trinajstić information content (AvgIpc) is 2.63. The molecule has 1 fully saturated rings. The fourth-order valence-corrected chi connectivity index (χ4v) is 3.36. The molecule has 3 rings (SSSR count). The third kappa shape index (κ3) is 4.18. The molecular weight excluding hydrogens is 393 g/mol. The van der Waals surface area contributed by atoms with Crippen LogP contribution < -0.4 is 16.0 Å². The molecule has 0 atom stereocenters. The molecule has 0 aromatic heterocycles. The second-order valence-corrected chi connectivity index (χ2v) is 7.96. The number of hydrogen-bond acceptors (Lipinski definition) is 4. The number of alkyl halides is 3. The highest BCUT2D eigenvalue weighted by atomic mass is 19.4. The summed E-state index contributed by atoms with van der Waals surface area (Å²) in [5, 5.41) is 11.9. The predicted molar refractivity (Wildman–Crippen MR) is 102 cm³/mol. The van der Waals surface area contributed by atoms with Gasteiger partial charge >= 0.3 is 6.18 Å². The van der Waals surface area contributed by atoms with Gasteiger partial charge in [0.15, 0.2) is 17.4 Å². The Labute approximate surface area is 165 Å². The SMILES string of the molecule is CC1(C)CCN(c2ccc(Nc3c(N)c(C(F)(F)F)c(F)c(O)c3F)cc2)CC1. The maximum absolute atomic E-state index is 14.2. The number of nitrogens with two attached hydrogens (primary N) is 1. The lowest BCUT2D eigenvalue weighted by Crippen LogP contribution is -2.37. The lowest BCUT2D eigenvalue weighted by atomic mass is 9.82. The molecule has 0 spiro atoms. The number of nitrogens with one attached hydrogen (secondary N) is 1. The van der Waals surface area contributed by atoms with Crippen molar-refractivity contribution in [3.8, 4) is 5.75 Å². The topological polar surface area (TPSA) is 61.5 Å². The number of piperidine rings is 1. The molecule has 4 nitrogen and oxygen atoms in total. The van der Waals surface area contributed by atoms with E-state index in [1.165, 1.54) is 0 Å². The van der Waals surface area contributed by atoms with Crippen molar-refractivity contribution in [1.29, 1.82) is 0 Å². The Kier molecular flexibility index (Phi) is 5.27. The molecule has 1 heterocycles. The third-order valence-corrected chi connectivity index (χ3v) is 5.30. The largest absolute Gasteiger partial charge is 0.503 e. The number of aromatic hydroxyl groups is 1. The first kappa shape index (κ1) is 21.0. The fourth-order valence-electron chi connectivity index (χ4n) is 3.36. The number of halogens is 5. The molecule has 0 bridgehead atoms. The van der Waals surface area contributed by atoms with Crippen molar-refractivity contribution in [2.45, 2.75) is 32.9 Å². The van der Waals surface area contributed by atoms with E-state index in [2.05, 4.69) is 24.1 Å². The minimum atomic E-state index is -5.19. The van der Waals surface area contributed by atoms with Crippen molar-refractivity contribution in [2.75, 3.05) is 29.0 Å². The summed E-state index contributed by atoms with van der Waals surface area (Å²) < 4.78 is 67.1. The highest BCUT2D eigenvalue weighted by molar-refractivity contribution is 5.79. The molecule has 0 radical (unpaired) electrons. The average molecular weight is 415 g/mol. The van der Waals surface area contributed by atoms with Gasteiger partial charge < -0.3 is 21.1 Å². The van der Waals surface area contributed by atoms with E-state index < -0.39 is 40.5 Å². The molecule has 29 heavy (non-hydrogen) atoms. The summed E-state index contributed by atoms with van der Waals surface area (Å²) in [7, 11) is 0. The van der Waals surface area contributed by atoms with Crippen molar-refractivity contribution < 1.29 is 27.1 Å². The predicted octanol–water partition coefficient (Wildman–Crippen LogP) is 5.64. The summed E-state index contributed by atoms with van der Waals surface area (Å²) in [4.78, 5) is 2.19. The molecule has 1 aliphatic rings. The minimum absolute atomic E-state index is 0.246. The van der Waals surface area contributed by atoms with E-state index in [0.29, 0.717) is 0 Å². The maximum atomic E-state index is 14.2. The van der Waals surface area contributed by atoms with Gasteiger partial charge in [-0.1, -0.05) is 13.8 Å². The molecule has 1 aliphatic heterocycles. The van der Waals surface area contributed by atoms with Gasteiger partial charge in [0, 0.05) is 24.5 Å². The van der Waals surface area contributed by atoms with E-state index >= 15 is 0 Å². The summed E-state index contributed by atoms with van der Waals surface area (Å²) in [5.74, 6) is -5.46. The standard InChI is InChI=1S/C20H22F5N3O/c1-19(2)7-9-28(10-8-19)12-5-3-11(4-6-12)27-17-15(22)18(29)14(21)13(16(17)26)20(23,24)25/h3-6,27,29H,7-10,26H2,1-2H3. The Bertz CT molecular complexity index is 900. The van der Waals surface area contributed by atoms with Crippen LogP contribution in [-0.4, -0.2) is 18.2 Å². The quantitative estimate of drug-likeness (QED) is 0.345. The Balaban J connectivity index is 1.86. The van der Waals surface area contributed by atoms with Crippen LogP contribution in [0.2, 0.25) is 0 Å². The van der Waals surface area contributed by atoms with E-state index in [1.807, 2.05) is 0 Å². The second-order valence-electron chi connectivity index (χ2n) is 7.96. The smallest absolute Gasteiger partial charge is 0.421 e. The van der Waals surface area contributed by atoms with Crippen LogP contribution >= 0.6 is 0 Å². The van der Waals surface area contributed by atoms with Crippen molar-refractivity contribution in [1.82, 2.24) is 0 Å². The fraction of sp³-hybridized carbons (Fsp3) is 0.400. The molecule has 158 valence electrons. The summed E-state index contributed by atoms with van der Waals surface area (Å²) in [6.07, 6.45) is -3.13. The highest BCUT2D eigenvalue weighted by Crippen LogP contribution is 2.45. The number of anilines is 4. The van der Waals surface area contributed by atoms with Gasteiger partial charge in [-0.25, -0.2) is 8.78 Å². The molecule has 0 unspecified atom stereocenters. The van der Waals surface area contributed by atoms with Crippen molar-refractivity contribution in [3.63, 3.8) is 0 Å². The molecule has 0 saturated carbocycles. The Hall–Kier alpha value is -2.71. The first-order chi connectivity index (χ1) is 13.4. The molecule has 4 N–H and O–H groups in total. The van der Waals surface area contributed by atoms with Gasteiger partial charge in [0.2, 0.25) is 0 Å². The first-order valence-electron chi connectivity index (χ1n) is 9.09. The normalized spacial score (nSPS) is 16.7. The zero-order chi connectivity index (χ0) is 21.6. The number of phenolic OH excluding ortho intramolecular Hbond substituents is 1. The zero-order valence-corrected chi connectivity index (χ0v) is 16.0. The van der Waals surface area contributed by atoms with Crippen LogP contribution in [0.1, 0.15) is 32.3 Å². The van der Waals surface area contributed by atoms with Gasteiger partial charge in [-0.3, -0.25) is 0 Å². The van der Waals surface area contributed by atoms with E-state index in [4.69, 9.17) is 5.73 Å². The Morgan fingerprint density at radius 2 is 1.59 bits per heavy atom. The van der Waals surface area contributed by atoms with Crippen LogP contribution in [0, 0.1) is 17.0 Å². The summed E-state index contributed by atoms with van der Waals surface area (Å²) >= 11 is 0. The monoisotopic (exact) mass is 415 g/mol. The van der Waals surface area contributed by atoms with Crippen molar-refractivity contribution in [2.24, 2.45) is 5.41 Å². The molecule has 2 aromatic rings. The van der Waals surface area contributed by atoms with Crippen LogP contribution in [0.15, 0.2) is 24.3 Å². The molecule has 1 saturated heterocycles. The minimum Gasteiger partial charge on any atom is -0.503 e. The van der Waals surface area contributed by atoms with E-state index in [9.17, 15) is 27.1 Å². The second kappa shape index (κ2) is 7.27. The van der Waals surface area contributed by atoms with Crippen LogP contribution in [0.3, 0.4) is 0 Å². The highest BCUT2D eigenvalue weighted by Gasteiger charge is 2.41. The van der Waals surface area contributed by atoms with Crippen LogP contribution in [0.4, 0.5) is 44.7 Å². The van der Waals surface area contributed by atoms with Crippen molar-refractivity contribution >= 4 is 22.7 Å². The molecule has 9 heteroatoms. The number of hydrogen-bond donors (Lipinski definition) is 3. The molecule has 0 amide bonds. The van der Waals surface area contributed by atoms with Gasteiger partial charge in [0.05, 0.1) is 5.69 Å². The van der Waals surface area contributed by atoms with Gasteiger partial charge in [-0.05, 0) is 42.5 Å². The molecule has 0 aliphatic carbocycles. The maximum Gasteiger partial charge on any atom is 0.421 e. The van der Waals surface area contributed by atoms with E-state index in [-0.39, 0.29) is 11.1 Å². The van der Waals surface area contributed by atoms with Crippen LogP contribution in [0.25, 0.3) is 0 Å². The van der Waals surface area contributed by atoms with Crippen LogP contribution in [0.5, 0.6) is 5.75 Å². The Morgan fingerprint density at radius 3 is 2.10 bits per heavy atom. The zero-order valence-electron chi connectivity index (χ0n) is 16.0.